The molecule has 1 heterocycles. The lowest BCUT2D eigenvalue weighted by atomic mass is 10.2. The first-order valence-corrected chi connectivity index (χ1v) is 5.41. The highest BCUT2D eigenvalue weighted by molar-refractivity contribution is 5.82. The fraction of sp³-hybridized carbons (Fsp3) is 0.231. The van der Waals surface area contributed by atoms with Crippen LogP contribution in [0.3, 0.4) is 0 Å². The number of rotatable bonds is 3. The number of carbonyl (C=O) groups excluding carboxylic acids is 1. The molecule has 17 heavy (non-hydrogen) atoms. The first kappa shape index (κ1) is 11.4. The van der Waals surface area contributed by atoms with Gasteiger partial charge in [0.15, 0.2) is 0 Å². The van der Waals surface area contributed by atoms with Gasteiger partial charge in [0, 0.05) is 5.39 Å². The maximum atomic E-state index is 11.3. The van der Waals surface area contributed by atoms with Crippen molar-refractivity contribution >= 4 is 22.7 Å². The highest BCUT2D eigenvalue weighted by atomic mass is 16.5. The van der Waals surface area contributed by atoms with E-state index in [-0.39, 0.29) is 5.97 Å². The molecule has 0 radical (unpaired) electrons. The second kappa shape index (κ2) is 4.82. The van der Waals surface area contributed by atoms with Crippen LogP contribution < -0.4 is 5.32 Å². The Morgan fingerprint density at radius 1 is 1.29 bits per heavy atom. The molecule has 2 rings (SSSR count). The van der Waals surface area contributed by atoms with Crippen molar-refractivity contribution in [2.45, 2.75) is 13.0 Å². The Hall–Kier alpha value is -2.10. The molecule has 1 aromatic heterocycles. The molecule has 0 fully saturated rings. The van der Waals surface area contributed by atoms with Gasteiger partial charge in [-0.2, -0.15) is 0 Å². The molecule has 0 spiro atoms. The number of hydrogen-bond donors (Lipinski definition) is 1. The molecule has 0 saturated heterocycles. The van der Waals surface area contributed by atoms with Gasteiger partial charge in [0.25, 0.3) is 0 Å². The molecule has 88 valence electrons. The van der Waals surface area contributed by atoms with Crippen LogP contribution in [0.1, 0.15) is 6.92 Å². The zero-order chi connectivity index (χ0) is 12.3. The Labute approximate surface area is 99.6 Å². The smallest absolute Gasteiger partial charge is 0.328 e. The monoisotopic (exact) mass is 230 g/mol. The van der Waals surface area contributed by atoms with Crippen molar-refractivity contribution in [1.29, 1.82) is 0 Å². The molecule has 0 saturated carbocycles. The zero-order valence-electron chi connectivity index (χ0n) is 9.81. The van der Waals surface area contributed by atoms with Crippen LogP contribution >= 0.6 is 0 Å². The van der Waals surface area contributed by atoms with Gasteiger partial charge < -0.3 is 10.1 Å². The van der Waals surface area contributed by atoms with E-state index in [0.29, 0.717) is 5.82 Å². The second-order valence-corrected chi connectivity index (χ2v) is 3.78. The van der Waals surface area contributed by atoms with Crippen molar-refractivity contribution in [2.24, 2.45) is 0 Å². The minimum Gasteiger partial charge on any atom is -0.467 e. The van der Waals surface area contributed by atoms with E-state index in [1.165, 1.54) is 7.11 Å². The molecule has 1 aromatic carbocycles. The number of para-hydroxylation sites is 1. The van der Waals surface area contributed by atoms with Crippen LogP contribution in [0.4, 0.5) is 5.82 Å². The van der Waals surface area contributed by atoms with E-state index in [4.69, 9.17) is 0 Å². The van der Waals surface area contributed by atoms with E-state index in [1.807, 2.05) is 36.4 Å². The fourth-order valence-corrected chi connectivity index (χ4v) is 1.60. The molecule has 0 amide bonds. The summed E-state index contributed by atoms with van der Waals surface area (Å²) in [6, 6.07) is 11.2. The zero-order valence-corrected chi connectivity index (χ0v) is 9.81. The SMILES string of the molecule is COC(=O)[C@H](C)Nc1ccc2ccccc2n1. The quantitative estimate of drug-likeness (QED) is 0.821. The number of ether oxygens (including phenoxy) is 1. The van der Waals surface area contributed by atoms with Gasteiger partial charge >= 0.3 is 5.97 Å². The van der Waals surface area contributed by atoms with E-state index < -0.39 is 6.04 Å². The van der Waals surface area contributed by atoms with Crippen LogP contribution in [0, 0.1) is 0 Å². The third-order valence-corrected chi connectivity index (χ3v) is 2.52. The van der Waals surface area contributed by atoms with Crippen molar-refractivity contribution in [2.75, 3.05) is 12.4 Å². The number of benzene rings is 1. The predicted octanol–water partition coefficient (Wildman–Crippen LogP) is 2.21. The second-order valence-electron chi connectivity index (χ2n) is 3.78. The third-order valence-electron chi connectivity index (χ3n) is 2.52. The topological polar surface area (TPSA) is 51.2 Å². The summed E-state index contributed by atoms with van der Waals surface area (Å²) in [5.74, 6) is 0.363. The van der Waals surface area contributed by atoms with Gasteiger partial charge in [-0.15, -0.1) is 0 Å². The lowest BCUT2D eigenvalue weighted by molar-refractivity contribution is -0.141. The van der Waals surface area contributed by atoms with Gasteiger partial charge in [-0.05, 0) is 25.1 Å². The average molecular weight is 230 g/mol. The third kappa shape index (κ3) is 2.53. The van der Waals surface area contributed by atoms with Crippen molar-refractivity contribution < 1.29 is 9.53 Å². The Morgan fingerprint density at radius 2 is 2.06 bits per heavy atom. The Kier molecular flexibility index (Phi) is 3.23. The van der Waals surface area contributed by atoms with Gasteiger partial charge in [-0.3, -0.25) is 0 Å². The standard InChI is InChI=1S/C13H14N2O2/c1-9(13(16)17-2)14-12-8-7-10-5-3-4-6-11(10)15-12/h3-9H,1-2H3,(H,14,15)/t9-/m0/s1. The van der Waals surface area contributed by atoms with E-state index in [2.05, 4.69) is 15.0 Å². The average Bonchev–Trinajstić information content (AvgIpc) is 2.37. The first-order chi connectivity index (χ1) is 8.20. The number of carbonyl (C=O) groups is 1. The highest BCUT2D eigenvalue weighted by Gasteiger charge is 2.12. The maximum Gasteiger partial charge on any atom is 0.328 e. The van der Waals surface area contributed by atoms with Crippen molar-refractivity contribution in [3.8, 4) is 0 Å². The number of methoxy groups -OCH3 is 1. The molecular formula is C13H14N2O2. The Bertz CT molecular complexity index is 540. The lowest BCUT2D eigenvalue weighted by Gasteiger charge is -2.12. The molecule has 1 atom stereocenters. The van der Waals surface area contributed by atoms with Gasteiger partial charge in [0.1, 0.15) is 11.9 Å². The number of aromatic nitrogens is 1. The lowest BCUT2D eigenvalue weighted by Crippen LogP contribution is -2.27. The summed E-state index contributed by atoms with van der Waals surface area (Å²) in [6.45, 7) is 1.74. The molecule has 0 bridgehead atoms. The van der Waals surface area contributed by atoms with Crippen LogP contribution in [0.5, 0.6) is 0 Å². The molecule has 0 unspecified atom stereocenters. The van der Waals surface area contributed by atoms with Crippen LogP contribution in [0.25, 0.3) is 10.9 Å². The van der Waals surface area contributed by atoms with Gasteiger partial charge in [-0.1, -0.05) is 18.2 Å². The number of hydrogen-bond acceptors (Lipinski definition) is 4. The van der Waals surface area contributed by atoms with Crippen molar-refractivity contribution in [3.63, 3.8) is 0 Å². The number of anilines is 1. The number of fused-ring (bicyclic) bond motifs is 1. The summed E-state index contributed by atoms with van der Waals surface area (Å²) in [7, 11) is 1.37. The Balaban J connectivity index is 2.22. The molecular weight excluding hydrogens is 216 g/mol. The Morgan fingerprint density at radius 3 is 2.82 bits per heavy atom. The summed E-state index contributed by atoms with van der Waals surface area (Å²) in [5.41, 5.74) is 0.898. The molecule has 1 N–H and O–H groups in total. The number of nitrogens with zero attached hydrogens (tertiary/aromatic N) is 1. The van der Waals surface area contributed by atoms with Gasteiger partial charge in [-0.25, -0.2) is 9.78 Å². The summed E-state index contributed by atoms with van der Waals surface area (Å²) < 4.78 is 4.64. The predicted molar refractivity (Wildman–Crippen MR) is 66.8 cm³/mol. The van der Waals surface area contributed by atoms with Gasteiger partial charge in [0.05, 0.1) is 12.6 Å². The summed E-state index contributed by atoms with van der Waals surface area (Å²) in [5, 5.41) is 4.07. The largest absolute Gasteiger partial charge is 0.467 e. The maximum absolute atomic E-state index is 11.3. The number of pyridine rings is 1. The van der Waals surface area contributed by atoms with Gasteiger partial charge in [0.2, 0.25) is 0 Å². The molecule has 2 aromatic rings. The van der Waals surface area contributed by atoms with E-state index in [0.717, 1.165) is 10.9 Å². The minimum absolute atomic E-state index is 0.306. The normalized spacial score (nSPS) is 12.1. The fourth-order valence-electron chi connectivity index (χ4n) is 1.60. The van der Waals surface area contributed by atoms with Crippen molar-refractivity contribution in [3.05, 3.63) is 36.4 Å². The van der Waals surface area contributed by atoms with Crippen LogP contribution in [-0.2, 0) is 9.53 Å². The van der Waals surface area contributed by atoms with E-state index >= 15 is 0 Å². The minimum atomic E-state index is -0.409. The molecule has 4 nitrogen and oxygen atoms in total. The van der Waals surface area contributed by atoms with Crippen LogP contribution in [0.15, 0.2) is 36.4 Å². The number of esters is 1. The number of nitrogens with one attached hydrogen (secondary N) is 1. The van der Waals surface area contributed by atoms with Crippen LogP contribution in [0.2, 0.25) is 0 Å². The molecule has 4 heteroatoms. The molecule has 0 aliphatic rings. The van der Waals surface area contributed by atoms with E-state index in [9.17, 15) is 4.79 Å². The first-order valence-electron chi connectivity index (χ1n) is 5.41. The van der Waals surface area contributed by atoms with Crippen LogP contribution in [-0.4, -0.2) is 24.1 Å². The molecule has 0 aliphatic heterocycles. The highest BCUT2D eigenvalue weighted by Crippen LogP contribution is 2.15. The summed E-state index contributed by atoms with van der Waals surface area (Å²) in [6.07, 6.45) is 0. The van der Waals surface area contributed by atoms with Crippen molar-refractivity contribution in [1.82, 2.24) is 4.98 Å². The summed E-state index contributed by atoms with van der Waals surface area (Å²) in [4.78, 5) is 15.7. The van der Waals surface area contributed by atoms with E-state index in [1.54, 1.807) is 6.92 Å². The molecule has 0 aliphatic carbocycles. The summed E-state index contributed by atoms with van der Waals surface area (Å²) >= 11 is 0.